The van der Waals surface area contributed by atoms with E-state index in [1.165, 1.54) is 0 Å². The Morgan fingerprint density at radius 1 is 1.30 bits per heavy atom. The molecule has 0 saturated carbocycles. The summed E-state index contributed by atoms with van der Waals surface area (Å²) in [5.41, 5.74) is 2.14. The molecule has 1 aromatic carbocycles. The summed E-state index contributed by atoms with van der Waals surface area (Å²) in [6.45, 7) is 1.56. The first-order valence-electron chi connectivity index (χ1n) is 6.51. The van der Waals surface area contributed by atoms with Gasteiger partial charge in [-0.05, 0) is 29.8 Å². The SMILES string of the molecule is O=C(O)CN1CCn2cccc2C1c1cccc(Cl)c1. The summed E-state index contributed by atoms with van der Waals surface area (Å²) in [6.07, 6.45) is 2.03. The summed E-state index contributed by atoms with van der Waals surface area (Å²) in [5.74, 6) is -0.808. The van der Waals surface area contributed by atoms with Gasteiger partial charge in [0, 0.05) is 30.0 Å². The van der Waals surface area contributed by atoms with Crippen LogP contribution in [0.3, 0.4) is 0 Å². The van der Waals surface area contributed by atoms with E-state index >= 15 is 0 Å². The number of carboxylic acid groups (broad SMARTS) is 1. The fraction of sp³-hybridized carbons (Fsp3) is 0.267. The van der Waals surface area contributed by atoms with Gasteiger partial charge in [-0.25, -0.2) is 0 Å². The molecule has 2 aromatic rings. The first-order chi connectivity index (χ1) is 9.65. The third-order valence-corrected chi connectivity index (χ3v) is 3.88. The zero-order chi connectivity index (χ0) is 14.1. The Kier molecular flexibility index (Phi) is 3.51. The summed E-state index contributed by atoms with van der Waals surface area (Å²) in [6, 6.07) is 11.6. The van der Waals surface area contributed by atoms with Crippen LogP contribution in [-0.4, -0.2) is 33.6 Å². The van der Waals surface area contributed by atoms with Crippen LogP contribution in [0.4, 0.5) is 0 Å². The molecule has 0 spiro atoms. The molecule has 1 unspecified atom stereocenters. The molecule has 0 radical (unpaired) electrons. The number of benzene rings is 1. The summed E-state index contributed by atoms with van der Waals surface area (Å²) >= 11 is 6.08. The van der Waals surface area contributed by atoms with E-state index in [9.17, 15) is 4.79 Å². The third kappa shape index (κ3) is 2.44. The van der Waals surface area contributed by atoms with Crippen molar-refractivity contribution in [1.82, 2.24) is 9.47 Å². The fourth-order valence-corrected chi connectivity index (χ4v) is 3.03. The van der Waals surface area contributed by atoms with Crippen molar-refractivity contribution in [1.29, 1.82) is 0 Å². The quantitative estimate of drug-likeness (QED) is 0.945. The molecule has 1 aromatic heterocycles. The molecule has 2 heterocycles. The van der Waals surface area contributed by atoms with Crippen LogP contribution in [0.1, 0.15) is 17.3 Å². The largest absolute Gasteiger partial charge is 0.480 e. The number of nitrogens with zero attached hydrogens (tertiary/aromatic N) is 2. The molecule has 0 amide bonds. The van der Waals surface area contributed by atoms with Gasteiger partial charge in [0.05, 0.1) is 12.6 Å². The number of aliphatic carboxylic acids is 1. The average molecular weight is 291 g/mol. The van der Waals surface area contributed by atoms with Gasteiger partial charge in [0.1, 0.15) is 0 Å². The van der Waals surface area contributed by atoms with E-state index in [-0.39, 0.29) is 12.6 Å². The number of halogens is 1. The maximum absolute atomic E-state index is 11.1. The van der Waals surface area contributed by atoms with Crippen molar-refractivity contribution in [2.24, 2.45) is 0 Å². The molecule has 1 N–H and O–H groups in total. The number of carbonyl (C=O) groups is 1. The lowest BCUT2D eigenvalue weighted by molar-refractivity contribution is -0.139. The second kappa shape index (κ2) is 5.31. The summed E-state index contributed by atoms with van der Waals surface area (Å²) in [7, 11) is 0. The molecule has 0 bridgehead atoms. The summed E-state index contributed by atoms with van der Waals surface area (Å²) in [4.78, 5) is 13.1. The Labute approximate surface area is 122 Å². The maximum Gasteiger partial charge on any atom is 0.317 e. The number of aromatic nitrogens is 1. The van der Waals surface area contributed by atoms with Gasteiger partial charge < -0.3 is 9.67 Å². The smallest absolute Gasteiger partial charge is 0.317 e. The number of carboxylic acids is 1. The van der Waals surface area contributed by atoms with Crippen LogP contribution < -0.4 is 0 Å². The summed E-state index contributed by atoms with van der Waals surface area (Å²) in [5, 5.41) is 9.78. The van der Waals surface area contributed by atoms with Crippen molar-refractivity contribution >= 4 is 17.6 Å². The first kappa shape index (κ1) is 13.2. The average Bonchev–Trinajstić information content (AvgIpc) is 2.86. The van der Waals surface area contributed by atoms with Crippen LogP contribution in [0.2, 0.25) is 5.02 Å². The van der Waals surface area contributed by atoms with Crippen molar-refractivity contribution in [3.63, 3.8) is 0 Å². The number of hydrogen-bond acceptors (Lipinski definition) is 2. The molecule has 104 valence electrons. The lowest BCUT2D eigenvalue weighted by Gasteiger charge is -2.36. The normalized spacial score (nSPS) is 18.8. The number of rotatable bonds is 3. The zero-order valence-electron chi connectivity index (χ0n) is 10.9. The van der Waals surface area contributed by atoms with Crippen molar-refractivity contribution in [2.75, 3.05) is 13.1 Å². The minimum absolute atomic E-state index is 0.0301. The summed E-state index contributed by atoms with van der Waals surface area (Å²) < 4.78 is 2.17. The van der Waals surface area contributed by atoms with Gasteiger partial charge in [-0.2, -0.15) is 0 Å². The Morgan fingerprint density at radius 3 is 2.90 bits per heavy atom. The lowest BCUT2D eigenvalue weighted by Crippen LogP contribution is -2.41. The Bertz CT molecular complexity index is 638. The molecule has 0 aliphatic carbocycles. The molecule has 5 heteroatoms. The molecular weight excluding hydrogens is 276 g/mol. The van der Waals surface area contributed by atoms with E-state index in [1.807, 2.05) is 47.5 Å². The van der Waals surface area contributed by atoms with E-state index in [0.717, 1.165) is 17.8 Å². The number of hydrogen-bond donors (Lipinski definition) is 1. The van der Waals surface area contributed by atoms with Crippen LogP contribution in [-0.2, 0) is 11.3 Å². The topological polar surface area (TPSA) is 45.5 Å². The zero-order valence-corrected chi connectivity index (χ0v) is 11.6. The molecule has 20 heavy (non-hydrogen) atoms. The third-order valence-electron chi connectivity index (χ3n) is 3.64. The van der Waals surface area contributed by atoms with Crippen molar-refractivity contribution in [3.8, 4) is 0 Å². The van der Waals surface area contributed by atoms with Gasteiger partial charge in [0.25, 0.3) is 0 Å². The van der Waals surface area contributed by atoms with Gasteiger partial charge in [-0.1, -0.05) is 23.7 Å². The fourth-order valence-electron chi connectivity index (χ4n) is 2.83. The molecule has 4 nitrogen and oxygen atoms in total. The van der Waals surface area contributed by atoms with E-state index in [0.29, 0.717) is 11.6 Å². The Balaban J connectivity index is 2.04. The predicted octanol–water partition coefficient (Wildman–Crippen LogP) is 2.63. The van der Waals surface area contributed by atoms with E-state index in [2.05, 4.69) is 4.57 Å². The molecule has 0 fully saturated rings. The van der Waals surface area contributed by atoms with Gasteiger partial charge in [-0.3, -0.25) is 9.69 Å². The van der Waals surface area contributed by atoms with Crippen molar-refractivity contribution in [2.45, 2.75) is 12.6 Å². The van der Waals surface area contributed by atoms with Gasteiger partial charge in [0.15, 0.2) is 0 Å². The van der Waals surface area contributed by atoms with Gasteiger partial charge >= 0.3 is 5.97 Å². The van der Waals surface area contributed by atoms with E-state index in [1.54, 1.807) is 0 Å². The van der Waals surface area contributed by atoms with Crippen LogP contribution in [0.25, 0.3) is 0 Å². The predicted molar refractivity (Wildman–Crippen MR) is 76.9 cm³/mol. The molecule has 1 aliphatic rings. The molecular formula is C15H15ClN2O2. The highest BCUT2D eigenvalue weighted by Crippen LogP contribution is 2.33. The van der Waals surface area contributed by atoms with Crippen LogP contribution >= 0.6 is 11.6 Å². The highest BCUT2D eigenvalue weighted by Gasteiger charge is 2.29. The van der Waals surface area contributed by atoms with E-state index < -0.39 is 5.97 Å². The Morgan fingerprint density at radius 2 is 2.15 bits per heavy atom. The second-order valence-electron chi connectivity index (χ2n) is 4.95. The number of fused-ring (bicyclic) bond motifs is 1. The molecule has 3 rings (SSSR count). The monoisotopic (exact) mass is 290 g/mol. The van der Waals surface area contributed by atoms with Gasteiger partial charge in [-0.15, -0.1) is 0 Å². The van der Waals surface area contributed by atoms with Crippen LogP contribution in [0, 0.1) is 0 Å². The minimum Gasteiger partial charge on any atom is -0.480 e. The molecule has 1 aliphatic heterocycles. The Hall–Kier alpha value is -1.78. The second-order valence-corrected chi connectivity index (χ2v) is 5.38. The van der Waals surface area contributed by atoms with Crippen molar-refractivity contribution < 1.29 is 9.90 Å². The van der Waals surface area contributed by atoms with Crippen LogP contribution in [0.5, 0.6) is 0 Å². The van der Waals surface area contributed by atoms with E-state index in [4.69, 9.17) is 16.7 Å². The maximum atomic E-state index is 11.1. The minimum atomic E-state index is -0.808. The standard InChI is InChI=1S/C15H15ClN2O2/c16-12-4-1-3-11(9-12)15-13-5-2-6-17(13)7-8-18(15)10-14(19)20/h1-6,9,15H,7-8,10H2,(H,19,20). The lowest BCUT2D eigenvalue weighted by atomic mass is 10.00. The highest BCUT2D eigenvalue weighted by molar-refractivity contribution is 6.30. The molecule has 1 atom stereocenters. The van der Waals surface area contributed by atoms with Crippen molar-refractivity contribution in [3.05, 3.63) is 58.9 Å². The highest BCUT2D eigenvalue weighted by atomic mass is 35.5. The van der Waals surface area contributed by atoms with Gasteiger partial charge in [0.2, 0.25) is 0 Å². The molecule has 0 saturated heterocycles. The van der Waals surface area contributed by atoms with Crippen LogP contribution in [0.15, 0.2) is 42.6 Å². The first-order valence-corrected chi connectivity index (χ1v) is 6.89.